The standard InChI is InChI=1S/C23H30N4O2/c1-16(18-6-4-3-5-7-18)14-22(28)26-10-12-27(13-11-26)23(29)19-8-9-21-20(17(19)2)15-24-25-21/h3-7,15-17,19H,8-14H2,1-2H3,(H,24,25). The average molecular weight is 395 g/mol. The molecule has 6 heteroatoms. The van der Waals surface area contributed by atoms with E-state index < -0.39 is 0 Å². The van der Waals surface area contributed by atoms with Crippen molar-refractivity contribution in [2.75, 3.05) is 26.2 Å². The highest BCUT2D eigenvalue weighted by molar-refractivity contribution is 5.81. The van der Waals surface area contributed by atoms with Gasteiger partial charge in [0.2, 0.25) is 11.8 Å². The van der Waals surface area contributed by atoms with E-state index in [9.17, 15) is 9.59 Å². The SMILES string of the molecule is CC(CC(=O)N1CCN(C(=O)C2CCc3[nH]ncc3C2C)CC1)c1ccccc1. The molecule has 4 rings (SSSR count). The fourth-order valence-electron chi connectivity index (χ4n) is 4.72. The Morgan fingerprint density at radius 1 is 1.14 bits per heavy atom. The first-order valence-electron chi connectivity index (χ1n) is 10.7. The first-order valence-corrected chi connectivity index (χ1v) is 10.7. The van der Waals surface area contributed by atoms with E-state index in [-0.39, 0.29) is 29.6 Å². The Morgan fingerprint density at radius 3 is 2.55 bits per heavy atom. The Bertz CT molecular complexity index is 855. The van der Waals surface area contributed by atoms with Gasteiger partial charge in [0.05, 0.1) is 6.20 Å². The third kappa shape index (κ3) is 4.07. The number of H-pyrrole nitrogens is 1. The molecule has 1 aliphatic carbocycles. The Kier molecular flexibility index (Phi) is 5.69. The van der Waals surface area contributed by atoms with Crippen LogP contribution in [0.1, 0.15) is 55.3 Å². The Labute approximate surface area is 172 Å². The number of aryl methyl sites for hydroxylation is 1. The molecule has 1 N–H and O–H groups in total. The minimum Gasteiger partial charge on any atom is -0.339 e. The van der Waals surface area contributed by atoms with Crippen LogP contribution in [0.5, 0.6) is 0 Å². The van der Waals surface area contributed by atoms with Gasteiger partial charge in [0.25, 0.3) is 0 Å². The van der Waals surface area contributed by atoms with Gasteiger partial charge in [0.15, 0.2) is 0 Å². The van der Waals surface area contributed by atoms with Gasteiger partial charge in [-0.05, 0) is 35.8 Å². The smallest absolute Gasteiger partial charge is 0.226 e. The maximum Gasteiger partial charge on any atom is 0.226 e. The number of fused-ring (bicyclic) bond motifs is 1. The van der Waals surface area contributed by atoms with Crippen LogP contribution in [0.2, 0.25) is 0 Å². The molecular formula is C23H30N4O2. The lowest BCUT2D eigenvalue weighted by Crippen LogP contribution is -2.52. The summed E-state index contributed by atoms with van der Waals surface area (Å²) < 4.78 is 0. The molecule has 0 bridgehead atoms. The largest absolute Gasteiger partial charge is 0.339 e. The maximum absolute atomic E-state index is 13.1. The molecule has 3 atom stereocenters. The van der Waals surface area contributed by atoms with Crippen molar-refractivity contribution in [2.24, 2.45) is 5.92 Å². The zero-order valence-corrected chi connectivity index (χ0v) is 17.3. The van der Waals surface area contributed by atoms with E-state index in [0.717, 1.165) is 12.8 Å². The third-order valence-electron chi connectivity index (χ3n) is 6.66. The van der Waals surface area contributed by atoms with Gasteiger partial charge in [-0.1, -0.05) is 44.2 Å². The summed E-state index contributed by atoms with van der Waals surface area (Å²) in [6, 6.07) is 10.2. The fourth-order valence-corrected chi connectivity index (χ4v) is 4.72. The Morgan fingerprint density at radius 2 is 1.83 bits per heavy atom. The van der Waals surface area contributed by atoms with Crippen molar-refractivity contribution in [3.63, 3.8) is 0 Å². The highest BCUT2D eigenvalue weighted by Gasteiger charge is 2.36. The topological polar surface area (TPSA) is 69.3 Å². The molecule has 1 aromatic heterocycles. The van der Waals surface area contributed by atoms with Crippen molar-refractivity contribution in [1.82, 2.24) is 20.0 Å². The molecule has 154 valence electrons. The lowest BCUT2D eigenvalue weighted by molar-refractivity contribution is -0.143. The van der Waals surface area contributed by atoms with E-state index in [1.54, 1.807) is 0 Å². The van der Waals surface area contributed by atoms with Crippen LogP contribution in [0, 0.1) is 5.92 Å². The second-order valence-corrected chi connectivity index (χ2v) is 8.46. The number of aromatic amines is 1. The van der Waals surface area contributed by atoms with Gasteiger partial charge in [-0.3, -0.25) is 14.7 Å². The van der Waals surface area contributed by atoms with Crippen LogP contribution in [0.25, 0.3) is 0 Å². The number of carbonyl (C=O) groups excluding carboxylic acids is 2. The summed E-state index contributed by atoms with van der Waals surface area (Å²) in [7, 11) is 0. The van der Waals surface area contributed by atoms with E-state index >= 15 is 0 Å². The van der Waals surface area contributed by atoms with Crippen molar-refractivity contribution in [3.8, 4) is 0 Å². The van der Waals surface area contributed by atoms with E-state index in [1.807, 2.05) is 34.2 Å². The van der Waals surface area contributed by atoms with Gasteiger partial charge in [-0.15, -0.1) is 0 Å². The number of aromatic nitrogens is 2. The molecule has 1 aliphatic heterocycles. The normalized spacial score (nSPS) is 22.8. The minimum atomic E-state index is 0.0143. The Balaban J connectivity index is 1.30. The zero-order chi connectivity index (χ0) is 20.4. The first kappa shape index (κ1) is 19.7. The van der Waals surface area contributed by atoms with Gasteiger partial charge in [0.1, 0.15) is 0 Å². The highest BCUT2D eigenvalue weighted by atomic mass is 16.2. The molecule has 0 radical (unpaired) electrons. The van der Waals surface area contributed by atoms with Crippen molar-refractivity contribution in [1.29, 1.82) is 0 Å². The Hall–Kier alpha value is -2.63. The molecule has 1 aromatic carbocycles. The van der Waals surface area contributed by atoms with Crippen molar-refractivity contribution < 1.29 is 9.59 Å². The summed E-state index contributed by atoms with van der Waals surface area (Å²) in [6.45, 7) is 6.74. The summed E-state index contributed by atoms with van der Waals surface area (Å²) in [4.78, 5) is 29.7. The predicted octanol–water partition coefficient (Wildman–Crippen LogP) is 2.94. The molecule has 6 nitrogen and oxygen atoms in total. The zero-order valence-electron chi connectivity index (χ0n) is 17.3. The fraction of sp³-hybridized carbons (Fsp3) is 0.522. The number of hydrogen-bond acceptors (Lipinski definition) is 3. The number of rotatable bonds is 4. The molecule has 2 heterocycles. The van der Waals surface area contributed by atoms with E-state index in [2.05, 4.69) is 36.2 Å². The molecule has 1 saturated heterocycles. The average Bonchev–Trinajstić information content (AvgIpc) is 3.24. The summed E-state index contributed by atoms with van der Waals surface area (Å²) >= 11 is 0. The number of carbonyl (C=O) groups is 2. The molecule has 1 fully saturated rings. The summed E-state index contributed by atoms with van der Waals surface area (Å²) in [5, 5.41) is 7.19. The molecule has 29 heavy (non-hydrogen) atoms. The van der Waals surface area contributed by atoms with Gasteiger partial charge in [-0.25, -0.2) is 0 Å². The summed E-state index contributed by atoms with van der Waals surface area (Å²) in [5.74, 6) is 0.823. The van der Waals surface area contributed by atoms with Crippen LogP contribution in [-0.4, -0.2) is 58.0 Å². The number of benzene rings is 1. The number of nitrogens with zero attached hydrogens (tertiary/aromatic N) is 3. The summed E-state index contributed by atoms with van der Waals surface area (Å²) in [6.07, 6.45) is 4.12. The lowest BCUT2D eigenvalue weighted by atomic mass is 9.78. The number of nitrogens with one attached hydrogen (secondary N) is 1. The number of piperazine rings is 1. The van der Waals surface area contributed by atoms with E-state index in [4.69, 9.17) is 0 Å². The second-order valence-electron chi connectivity index (χ2n) is 8.46. The van der Waals surface area contributed by atoms with Crippen molar-refractivity contribution in [3.05, 3.63) is 53.3 Å². The molecule has 2 aliphatic rings. The molecule has 2 aromatic rings. The molecule has 0 spiro atoms. The molecular weight excluding hydrogens is 364 g/mol. The monoisotopic (exact) mass is 394 g/mol. The van der Waals surface area contributed by atoms with Gasteiger partial charge < -0.3 is 9.80 Å². The predicted molar refractivity (Wildman–Crippen MR) is 111 cm³/mol. The van der Waals surface area contributed by atoms with Crippen LogP contribution in [-0.2, 0) is 16.0 Å². The summed E-state index contributed by atoms with van der Waals surface area (Å²) in [5.41, 5.74) is 3.54. The maximum atomic E-state index is 13.1. The van der Waals surface area contributed by atoms with Gasteiger partial charge >= 0.3 is 0 Å². The van der Waals surface area contributed by atoms with Crippen molar-refractivity contribution in [2.45, 2.75) is 44.9 Å². The molecule has 3 unspecified atom stereocenters. The minimum absolute atomic E-state index is 0.0143. The number of amides is 2. The van der Waals surface area contributed by atoms with Gasteiger partial charge in [-0.2, -0.15) is 5.10 Å². The van der Waals surface area contributed by atoms with Crippen LogP contribution < -0.4 is 0 Å². The first-order chi connectivity index (χ1) is 14.0. The van der Waals surface area contributed by atoms with Crippen molar-refractivity contribution >= 4 is 11.8 Å². The molecule has 2 amide bonds. The molecule has 0 saturated carbocycles. The van der Waals surface area contributed by atoms with Crippen LogP contribution in [0.15, 0.2) is 36.5 Å². The van der Waals surface area contributed by atoms with E-state index in [0.29, 0.717) is 32.6 Å². The second kappa shape index (κ2) is 8.39. The van der Waals surface area contributed by atoms with Gasteiger partial charge in [0, 0.05) is 44.2 Å². The van der Waals surface area contributed by atoms with E-state index in [1.165, 1.54) is 16.8 Å². The lowest BCUT2D eigenvalue weighted by Gasteiger charge is -2.38. The van der Waals surface area contributed by atoms with Crippen LogP contribution in [0.4, 0.5) is 0 Å². The quantitative estimate of drug-likeness (QED) is 0.867. The highest BCUT2D eigenvalue weighted by Crippen LogP contribution is 2.36. The van der Waals surface area contributed by atoms with Crippen LogP contribution in [0.3, 0.4) is 0 Å². The third-order valence-corrected chi connectivity index (χ3v) is 6.66. The number of hydrogen-bond donors (Lipinski definition) is 1. The van der Waals surface area contributed by atoms with Crippen LogP contribution >= 0.6 is 0 Å².